The molecule has 3 aromatic rings. The third-order valence-corrected chi connectivity index (χ3v) is 7.16. The number of rotatable bonds is 7. The standard InChI is InChI=1S/C20H22N2O5S3/c1-26-16-11-15-18(12-17(16)27-2)29-20(22(15)8-9-28-3)21-19(23)13-6-5-7-14(10-13)30(4,24)25/h5-7,10-12H,8-9H2,1-4H3. The number of nitrogens with zero attached hydrogens (tertiary/aromatic N) is 2. The van der Waals surface area contributed by atoms with Gasteiger partial charge in [-0.2, -0.15) is 16.8 Å². The Hall–Kier alpha value is -2.30. The van der Waals surface area contributed by atoms with E-state index in [4.69, 9.17) is 9.47 Å². The Balaban J connectivity index is 2.16. The number of hydrogen-bond acceptors (Lipinski definition) is 7. The van der Waals surface area contributed by atoms with Crippen LogP contribution in [0.2, 0.25) is 0 Å². The number of benzene rings is 2. The SMILES string of the molecule is COc1cc2sc(=NC(=O)c3cccc(S(C)(=O)=O)c3)n(CCSC)c2cc1OC. The van der Waals surface area contributed by atoms with Crippen molar-refractivity contribution in [3.05, 3.63) is 46.8 Å². The Morgan fingerprint density at radius 2 is 1.87 bits per heavy atom. The van der Waals surface area contributed by atoms with Crippen molar-refractivity contribution in [1.82, 2.24) is 4.57 Å². The largest absolute Gasteiger partial charge is 0.493 e. The average Bonchev–Trinajstić information content (AvgIpc) is 3.06. The first kappa shape index (κ1) is 22.4. The van der Waals surface area contributed by atoms with E-state index in [1.807, 2.05) is 23.0 Å². The number of carbonyl (C=O) groups excluding carboxylic acids is 1. The van der Waals surface area contributed by atoms with Crippen LogP contribution >= 0.6 is 23.1 Å². The first-order valence-electron chi connectivity index (χ1n) is 8.92. The third kappa shape index (κ3) is 4.71. The first-order chi connectivity index (χ1) is 14.3. The van der Waals surface area contributed by atoms with Gasteiger partial charge >= 0.3 is 0 Å². The number of amides is 1. The van der Waals surface area contributed by atoms with Crippen molar-refractivity contribution in [1.29, 1.82) is 0 Å². The van der Waals surface area contributed by atoms with E-state index < -0.39 is 15.7 Å². The Morgan fingerprint density at radius 3 is 2.50 bits per heavy atom. The maximum absolute atomic E-state index is 12.8. The number of fused-ring (bicyclic) bond motifs is 1. The molecule has 0 unspecified atom stereocenters. The zero-order chi connectivity index (χ0) is 21.9. The lowest BCUT2D eigenvalue weighted by Gasteiger charge is -2.09. The molecule has 1 heterocycles. The summed E-state index contributed by atoms with van der Waals surface area (Å²) in [4.78, 5) is 17.7. The molecular formula is C20H22N2O5S3. The highest BCUT2D eigenvalue weighted by Gasteiger charge is 2.15. The fourth-order valence-electron chi connectivity index (χ4n) is 2.89. The quantitative estimate of drug-likeness (QED) is 0.531. The molecule has 0 N–H and O–H groups in total. The third-order valence-electron chi connectivity index (χ3n) is 4.41. The number of thiazole rings is 1. The van der Waals surface area contributed by atoms with Crippen molar-refractivity contribution in [3.63, 3.8) is 0 Å². The number of thioether (sulfide) groups is 1. The molecule has 2 aromatic carbocycles. The van der Waals surface area contributed by atoms with E-state index >= 15 is 0 Å². The summed E-state index contributed by atoms with van der Waals surface area (Å²) in [7, 11) is -0.267. The molecule has 160 valence electrons. The van der Waals surface area contributed by atoms with E-state index in [0.29, 0.717) is 22.8 Å². The highest BCUT2D eigenvalue weighted by molar-refractivity contribution is 7.98. The average molecular weight is 467 g/mol. The van der Waals surface area contributed by atoms with E-state index in [9.17, 15) is 13.2 Å². The van der Waals surface area contributed by atoms with Crippen LogP contribution < -0.4 is 14.3 Å². The van der Waals surface area contributed by atoms with Gasteiger partial charge in [0.25, 0.3) is 5.91 Å². The predicted molar refractivity (Wildman–Crippen MR) is 121 cm³/mol. The number of carbonyl (C=O) groups is 1. The lowest BCUT2D eigenvalue weighted by molar-refractivity contribution is 0.0997. The summed E-state index contributed by atoms with van der Waals surface area (Å²) in [5, 5.41) is 0. The molecule has 0 aliphatic carbocycles. The molecule has 1 aromatic heterocycles. The Labute approximate surface area is 183 Å². The van der Waals surface area contributed by atoms with Crippen LogP contribution in [0.3, 0.4) is 0 Å². The second-order valence-corrected chi connectivity index (χ2v) is 10.4. The summed E-state index contributed by atoms with van der Waals surface area (Å²) in [6, 6.07) is 9.66. The van der Waals surface area contributed by atoms with Crippen molar-refractivity contribution in [2.75, 3.05) is 32.5 Å². The van der Waals surface area contributed by atoms with E-state index in [-0.39, 0.29) is 10.5 Å². The second-order valence-electron chi connectivity index (χ2n) is 6.42. The van der Waals surface area contributed by atoms with E-state index in [1.165, 1.54) is 23.5 Å². The number of hydrogen-bond donors (Lipinski definition) is 0. The molecule has 0 atom stereocenters. The van der Waals surface area contributed by atoms with E-state index in [1.54, 1.807) is 38.1 Å². The van der Waals surface area contributed by atoms with Gasteiger partial charge in [0.05, 0.1) is 29.3 Å². The van der Waals surface area contributed by atoms with Gasteiger partial charge in [-0.25, -0.2) is 8.42 Å². The van der Waals surface area contributed by atoms with Crippen molar-refractivity contribution in [2.45, 2.75) is 11.4 Å². The predicted octanol–water partition coefficient (Wildman–Crippen LogP) is 3.23. The molecular weight excluding hydrogens is 444 g/mol. The highest BCUT2D eigenvalue weighted by Crippen LogP contribution is 2.33. The summed E-state index contributed by atoms with van der Waals surface area (Å²) < 4.78 is 37.3. The van der Waals surface area contributed by atoms with Gasteiger partial charge in [-0.05, 0) is 24.5 Å². The zero-order valence-corrected chi connectivity index (χ0v) is 19.5. The Bertz CT molecular complexity index is 1260. The summed E-state index contributed by atoms with van der Waals surface area (Å²) in [6.45, 7) is 0.659. The molecule has 0 saturated carbocycles. The minimum absolute atomic E-state index is 0.0876. The lowest BCUT2D eigenvalue weighted by Crippen LogP contribution is -2.18. The molecule has 3 rings (SSSR count). The molecule has 0 radical (unpaired) electrons. The van der Waals surface area contributed by atoms with Crippen molar-refractivity contribution >= 4 is 49.1 Å². The first-order valence-corrected chi connectivity index (χ1v) is 13.0. The smallest absolute Gasteiger partial charge is 0.279 e. The van der Waals surface area contributed by atoms with Crippen LogP contribution in [0.5, 0.6) is 11.5 Å². The van der Waals surface area contributed by atoms with Crippen LogP contribution in [0.25, 0.3) is 10.2 Å². The van der Waals surface area contributed by atoms with Gasteiger partial charge in [0.2, 0.25) is 0 Å². The molecule has 0 saturated heterocycles. The molecule has 0 spiro atoms. The van der Waals surface area contributed by atoms with Gasteiger partial charge in [-0.15, -0.1) is 0 Å². The minimum atomic E-state index is -3.41. The molecule has 0 bridgehead atoms. The van der Waals surface area contributed by atoms with Crippen LogP contribution in [0.15, 0.2) is 46.3 Å². The Morgan fingerprint density at radius 1 is 1.17 bits per heavy atom. The molecule has 30 heavy (non-hydrogen) atoms. The van der Waals surface area contributed by atoms with Gasteiger partial charge in [-0.1, -0.05) is 17.4 Å². The van der Waals surface area contributed by atoms with Crippen LogP contribution in [0.4, 0.5) is 0 Å². The summed E-state index contributed by atoms with van der Waals surface area (Å²) in [6.07, 6.45) is 3.12. The molecule has 1 amide bonds. The second kappa shape index (κ2) is 9.23. The lowest BCUT2D eigenvalue weighted by atomic mass is 10.2. The van der Waals surface area contributed by atoms with Crippen LogP contribution in [-0.2, 0) is 16.4 Å². The normalized spacial score (nSPS) is 12.3. The Kier molecular flexibility index (Phi) is 6.89. The van der Waals surface area contributed by atoms with E-state index in [0.717, 1.165) is 22.2 Å². The van der Waals surface area contributed by atoms with Crippen LogP contribution in [0.1, 0.15) is 10.4 Å². The maximum atomic E-state index is 12.8. The van der Waals surface area contributed by atoms with Gasteiger partial charge in [-0.3, -0.25) is 4.79 Å². The minimum Gasteiger partial charge on any atom is -0.493 e. The summed E-state index contributed by atoms with van der Waals surface area (Å²) in [5.74, 6) is 1.54. The summed E-state index contributed by atoms with van der Waals surface area (Å²) >= 11 is 3.06. The number of sulfone groups is 1. The van der Waals surface area contributed by atoms with Crippen molar-refractivity contribution in [2.24, 2.45) is 4.99 Å². The van der Waals surface area contributed by atoms with Gasteiger partial charge < -0.3 is 14.0 Å². The van der Waals surface area contributed by atoms with Crippen LogP contribution in [-0.4, -0.2) is 51.4 Å². The number of aromatic nitrogens is 1. The number of ether oxygens (including phenoxy) is 2. The highest BCUT2D eigenvalue weighted by atomic mass is 32.2. The molecule has 0 aliphatic rings. The topological polar surface area (TPSA) is 87.0 Å². The monoisotopic (exact) mass is 466 g/mol. The molecule has 7 nitrogen and oxygen atoms in total. The van der Waals surface area contributed by atoms with Gasteiger partial charge in [0.1, 0.15) is 0 Å². The van der Waals surface area contributed by atoms with Crippen molar-refractivity contribution in [3.8, 4) is 11.5 Å². The fourth-order valence-corrected chi connectivity index (χ4v) is 4.99. The molecule has 10 heteroatoms. The number of aryl methyl sites for hydroxylation is 1. The molecule has 0 aliphatic heterocycles. The van der Waals surface area contributed by atoms with Crippen LogP contribution in [0, 0.1) is 0 Å². The fraction of sp³-hybridized carbons (Fsp3) is 0.300. The molecule has 0 fully saturated rings. The van der Waals surface area contributed by atoms with Gasteiger partial charge in [0.15, 0.2) is 26.1 Å². The maximum Gasteiger partial charge on any atom is 0.279 e. The van der Waals surface area contributed by atoms with E-state index in [2.05, 4.69) is 4.99 Å². The van der Waals surface area contributed by atoms with Gasteiger partial charge in [0, 0.05) is 36.2 Å². The summed E-state index contributed by atoms with van der Waals surface area (Å²) in [5.41, 5.74) is 1.12. The number of methoxy groups -OCH3 is 2. The van der Waals surface area contributed by atoms with Crippen molar-refractivity contribution < 1.29 is 22.7 Å². The zero-order valence-electron chi connectivity index (χ0n) is 17.0.